The molecule has 4 heterocycles. The van der Waals surface area contributed by atoms with E-state index in [1.165, 1.54) is 25.7 Å². The lowest BCUT2D eigenvalue weighted by molar-refractivity contribution is 0.670. The molecule has 0 spiro atoms. The Morgan fingerprint density at radius 2 is 1.10 bits per heavy atom. The summed E-state index contributed by atoms with van der Waals surface area (Å²) in [6, 6.07) is 52.8. The van der Waals surface area contributed by atoms with Gasteiger partial charge in [0.1, 0.15) is 11.2 Å². The first-order valence-corrected chi connectivity index (χ1v) is 17.4. The van der Waals surface area contributed by atoms with Crippen LogP contribution in [0.25, 0.3) is 98.3 Å². The molecule has 0 radical (unpaired) electrons. The highest BCUT2D eigenvalue weighted by molar-refractivity contribution is 7.25. The molecule has 0 amide bonds. The van der Waals surface area contributed by atoms with Gasteiger partial charge in [0, 0.05) is 60.0 Å². The van der Waals surface area contributed by atoms with Gasteiger partial charge in [0.2, 0.25) is 0 Å². The summed E-state index contributed by atoms with van der Waals surface area (Å²) >= 11 is 1.84. The summed E-state index contributed by atoms with van der Waals surface area (Å²) in [5.41, 5.74) is 10.6. The van der Waals surface area contributed by atoms with E-state index in [9.17, 15) is 0 Å². The summed E-state index contributed by atoms with van der Waals surface area (Å²) in [6.45, 7) is 0. The first-order chi connectivity index (χ1) is 24.8. The van der Waals surface area contributed by atoms with Crippen molar-refractivity contribution in [1.82, 2.24) is 15.0 Å². The van der Waals surface area contributed by atoms with Crippen LogP contribution in [0, 0.1) is 0 Å². The van der Waals surface area contributed by atoms with Gasteiger partial charge in [0.05, 0.1) is 11.4 Å². The standard InChI is InChI=1S/C45H27N3OS/c1-2-11-29(12-3-1)37-27-38(48-45(47-37)33-14-5-4-13-30(33)28-23-25-46-26-24-28)34-22-21-32(43-35-15-6-8-18-39(35)49-44(34)43)31-17-10-20-41-42(31)36-16-7-9-19-40(36)50-41/h1-27H. The van der Waals surface area contributed by atoms with E-state index in [1.807, 2.05) is 66.2 Å². The number of hydrogen-bond acceptors (Lipinski definition) is 5. The number of pyridine rings is 1. The van der Waals surface area contributed by atoms with Gasteiger partial charge in [0.15, 0.2) is 5.82 Å². The maximum atomic E-state index is 6.80. The third-order valence-corrected chi connectivity index (χ3v) is 10.6. The molecule has 50 heavy (non-hydrogen) atoms. The second kappa shape index (κ2) is 11.6. The average molecular weight is 658 g/mol. The van der Waals surface area contributed by atoms with Crippen LogP contribution >= 0.6 is 11.3 Å². The normalized spacial score (nSPS) is 11.6. The molecule has 0 aliphatic heterocycles. The van der Waals surface area contributed by atoms with Gasteiger partial charge < -0.3 is 4.42 Å². The van der Waals surface area contributed by atoms with Crippen LogP contribution in [-0.2, 0) is 0 Å². The lowest BCUT2D eigenvalue weighted by Gasteiger charge is -2.14. The number of rotatable bonds is 5. The van der Waals surface area contributed by atoms with Crippen molar-refractivity contribution in [3.63, 3.8) is 0 Å². The number of thiophene rings is 1. The molecule has 0 fully saturated rings. The summed E-state index contributed by atoms with van der Waals surface area (Å²) in [7, 11) is 0. The zero-order valence-electron chi connectivity index (χ0n) is 26.7. The van der Waals surface area contributed by atoms with Crippen molar-refractivity contribution < 1.29 is 4.42 Å². The number of furan rings is 1. The molecule has 0 aliphatic carbocycles. The Kier molecular flexibility index (Phi) is 6.64. The largest absolute Gasteiger partial charge is 0.455 e. The van der Waals surface area contributed by atoms with Crippen molar-refractivity contribution in [2.45, 2.75) is 0 Å². The summed E-state index contributed by atoms with van der Waals surface area (Å²) < 4.78 is 9.36. The van der Waals surface area contributed by atoms with Crippen LogP contribution in [-0.4, -0.2) is 15.0 Å². The fourth-order valence-corrected chi connectivity index (χ4v) is 8.31. The van der Waals surface area contributed by atoms with Gasteiger partial charge in [0.25, 0.3) is 0 Å². The quantitative estimate of drug-likeness (QED) is 0.185. The highest BCUT2D eigenvalue weighted by Gasteiger charge is 2.22. The first kappa shape index (κ1) is 28.6. The fourth-order valence-electron chi connectivity index (χ4n) is 7.18. The molecule has 10 rings (SSSR count). The van der Waals surface area contributed by atoms with Crippen molar-refractivity contribution in [2.24, 2.45) is 0 Å². The van der Waals surface area contributed by atoms with Crippen molar-refractivity contribution in [3.05, 3.63) is 164 Å². The highest BCUT2D eigenvalue weighted by atomic mass is 32.1. The Labute approximate surface area is 292 Å². The van der Waals surface area contributed by atoms with Crippen LogP contribution in [0.15, 0.2) is 168 Å². The molecule has 0 aliphatic rings. The topological polar surface area (TPSA) is 51.8 Å². The smallest absolute Gasteiger partial charge is 0.161 e. The summed E-state index contributed by atoms with van der Waals surface area (Å²) in [4.78, 5) is 14.7. The number of para-hydroxylation sites is 1. The van der Waals surface area contributed by atoms with E-state index in [4.69, 9.17) is 14.4 Å². The maximum absolute atomic E-state index is 6.80. The van der Waals surface area contributed by atoms with Crippen molar-refractivity contribution in [2.75, 3.05) is 0 Å². The highest BCUT2D eigenvalue weighted by Crippen LogP contribution is 2.46. The van der Waals surface area contributed by atoms with Crippen LogP contribution < -0.4 is 0 Å². The van der Waals surface area contributed by atoms with Gasteiger partial charge in [-0.3, -0.25) is 4.98 Å². The minimum atomic E-state index is 0.650. The Hall–Kier alpha value is -6.43. The minimum absolute atomic E-state index is 0.650. The third kappa shape index (κ3) is 4.63. The van der Waals surface area contributed by atoms with Gasteiger partial charge in [-0.2, -0.15) is 0 Å². The molecular formula is C45H27N3OS. The molecule has 0 bridgehead atoms. The van der Waals surface area contributed by atoms with Crippen LogP contribution in [0.3, 0.4) is 0 Å². The second-order valence-corrected chi connectivity index (χ2v) is 13.4. The number of nitrogens with zero attached hydrogens (tertiary/aromatic N) is 3. The molecule has 0 saturated heterocycles. The lowest BCUT2D eigenvalue weighted by Crippen LogP contribution is -1.98. The van der Waals surface area contributed by atoms with Gasteiger partial charge in [-0.1, -0.05) is 109 Å². The molecule has 234 valence electrons. The van der Waals surface area contributed by atoms with E-state index in [1.54, 1.807) is 0 Å². The molecular weight excluding hydrogens is 631 g/mol. The Morgan fingerprint density at radius 1 is 0.440 bits per heavy atom. The molecule has 4 nitrogen and oxygen atoms in total. The zero-order chi connectivity index (χ0) is 33.0. The van der Waals surface area contributed by atoms with E-state index < -0.39 is 0 Å². The van der Waals surface area contributed by atoms with Crippen molar-refractivity contribution >= 4 is 53.4 Å². The van der Waals surface area contributed by atoms with E-state index in [-0.39, 0.29) is 0 Å². The molecule has 0 N–H and O–H groups in total. The van der Waals surface area contributed by atoms with Gasteiger partial charge in [-0.15, -0.1) is 11.3 Å². The third-order valence-electron chi connectivity index (χ3n) is 9.45. The summed E-state index contributed by atoms with van der Waals surface area (Å²) in [5, 5.41) is 4.71. The predicted octanol–water partition coefficient (Wildman–Crippen LogP) is 12.5. The Morgan fingerprint density at radius 3 is 1.98 bits per heavy atom. The number of fused-ring (bicyclic) bond motifs is 6. The number of hydrogen-bond donors (Lipinski definition) is 0. The minimum Gasteiger partial charge on any atom is -0.455 e. The summed E-state index contributed by atoms with van der Waals surface area (Å²) in [6.07, 6.45) is 3.64. The summed E-state index contributed by atoms with van der Waals surface area (Å²) in [5.74, 6) is 0.650. The van der Waals surface area contributed by atoms with E-state index in [2.05, 4.69) is 114 Å². The van der Waals surface area contributed by atoms with Crippen LogP contribution in [0.2, 0.25) is 0 Å². The monoisotopic (exact) mass is 657 g/mol. The number of aromatic nitrogens is 3. The van der Waals surface area contributed by atoms with E-state index >= 15 is 0 Å². The predicted molar refractivity (Wildman–Crippen MR) is 207 cm³/mol. The van der Waals surface area contributed by atoms with Gasteiger partial charge in [-0.25, -0.2) is 9.97 Å². The van der Waals surface area contributed by atoms with Crippen molar-refractivity contribution in [3.8, 4) is 56.2 Å². The molecule has 4 aromatic heterocycles. The van der Waals surface area contributed by atoms with Crippen LogP contribution in [0.5, 0.6) is 0 Å². The maximum Gasteiger partial charge on any atom is 0.161 e. The van der Waals surface area contributed by atoms with E-state index in [0.29, 0.717) is 5.82 Å². The molecule has 0 atom stereocenters. The molecule has 6 aromatic carbocycles. The van der Waals surface area contributed by atoms with Gasteiger partial charge in [-0.05, 0) is 64.7 Å². The first-order valence-electron chi connectivity index (χ1n) is 16.6. The van der Waals surface area contributed by atoms with E-state index in [0.717, 1.165) is 66.7 Å². The Bertz CT molecular complexity index is 2870. The molecule has 5 heteroatoms. The lowest BCUT2D eigenvalue weighted by atomic mass is 9.93. The average Bonchev–Trinajstić information content (AvgIpc) is 3.77. The van der Waals surface area contributed by atoms with Crippen LogP contribution in [0.4, 0.5) is 0 Å². The SMILES string of the molecule is c1ccc(-c2cc(-c3ccc(-c4cccc5sc6ccccc6c45)c4c3oc3ccccc34)nc(-c3ccccc3-c3ccncc3)n2)cc1. The molecule has 10 aromatic rings. The molecule has 0 unspecified atom stereocenters. The van der Waals surface area contributed by atoms with Crippen LogP contribution in [0.1, 0.15) is 0 Å². The fraction of sp³-hybridized carbons (Fsp3) is 0. The molecule has 0 saturated carbocycles. The van der Waals surface area contributed by atoms with Crippen molar-refractivity contribution in [1.29, 1.82) is 0 Å². The number of benzene rings is 6. The second-order valence-electron chi connectivity index (χ2n) is 12.3. The Balaban J connectivity index is 1.26. The van der Waals surface area contributed by atoms with Gasteiger partial charge >= 0.3 is 0 Å². The zero-order valence-corrected chi connectivity index (χ0v) is 27.6.